The maximum Gasteiger partial charge on any atom is 0.231 e. The summed E-state index contributed by atoms with van der Waals surface area (Å²) in [6, 6.07) is 0. The third kappa shape index (κ3) is 2.55. The zero-order chi connectivity index (χ0) is 16.9. The molecule has 0 aromatic heterocycles. The molecule has 1 unspecified atom stereocenters. The molecule has 5 heteroatoms. The van der Waals surface area contributed by atoms with Crippen LogP contribution in [0.25, 0.3) is 0 Å². The maximum atomic E-state index is 12.6. The molecule has 0 saturated heterocycles. The third-order valence-corrected chi connectivity index (χ3v) is 11.3. The lowest BCUT2D eigenvalue weighted by molar-refractivity contribution is -0.128. The Morgan fingerprint density at radius 1 is 1.32 bits per heavy atom. The number of hydrogen-bond donors (Lipinski definition) is 1. The summed E-state index contributed by atoms with van der Waals surface area (Å²) in [4.78, 5) is 14.5. The van der Waals surface area contributed by atoms with Gasteiger partial charge in [0.15, 0.2) is 0 Å². The SMILES string of the molecule is CCN(CC)C(=O)CS(C)(Br)[C@@H]1[C@H]2CC[C@@](C)([C@@H]1O)C2(C)C. The van der Waals surface area contributed by atoms with Crippen molar-refractivity contribution in [3.8, 4) is 0 Å². The number of carbonyl (C=O) groups is 1. The number of nitrogens with zero attached hydrogens (tertiary/aromatic N) is 1. The van der Waals surface area contributed by atoms with Crippen molar-refractivity contribution in [3.05, 3.63) is 0 Å². The van der Waals surface area contributed by atoms with Gasteiger partial charge in [0.05, 0.1) is 11.9 Å². The number of rotatable bonds is 5. The molecule has 2 saturated carbocycles. The first kappa shape index (κ1) is 18.6. The Balaban J connectivity index is 2.22. The summed E-state index contributed by atoms with van der Waals surface area (Å²) in [6.45, 7) is 12.4. The molecule has 1 N–H and O–H groups in total. The van der Waals surface area contributed by atoms with E-state index < -0.39 is 8.46 Å². The van der Waals surface area contributed by atoms with E-state index in [1.54, 1.807) is 0 Å². The van der Waals surface area contributed by atoms with Crippen LogP contribution < -0.4 is 0 Å². The lowest BCUT2D eigenvalue weighted by Crippen LogP contribution is -2.43. The van der Waals surface area contributed by atoms with Crippen molar-refractivity contribution < 1.29 is 9.90 Å². The summed E-state index contributed by atoms with van der Waals surface area (Å²) in [7, 11) is -1.34. The molecule has 0 radical (unpaired) electrons. The largest absolute Gasteiger partial charge is 0.391 e. The van der Waals surface area contributed by atoms with Gasteiger partial charge in [0.2, 0.25) is 5.91 Å². The van der Waals surface area contributed by atoms with Gasteiger partial charge in [0.25, 0.3) is 0 Å². The molecular weight excluding hydrogens is 362 g/mol. The zero-order valence-electron chi connectivity index (χ0n) is 14.9. The molecule has 1 amide bonds. The first-order chi connectivity index (χ1) is 10.0. The summed E-state index contributed by atoms with van der Waals surface area (Å²) in [5.74, 6) is 1.27. The highest BCUT2D eigenvalue weighted by atomic mass is 79.9. The molecule has 2 bridgehead atoms. The Kier molecular flexibility index (Phi) is 5.04. The Morgan fingerprint density at radius 3 is 2.27 bits per heavy atom. The van der Waals surface area contributed by atoms with Crippen molar-refractivity contribution in [3.63, 3.8) is 0 Å². The average molecular weight is 394 g/mol. The lowest BCUT2D eigenvalue weighted by atomic mass is 9.70. The molecule has 3 nitrogen and oxygen atoms in total. The van der Waals surface area contributed by atoms with Gasteiger partial charge in [0.1, 0.15) is 0 Å². The Bertz CT molecular complexity index is 450. The van der Waals surface area contributed by atoms with E-state index >= 15 is 0 Å². The summed E-state index contributed by atoms with van der Waals surface area (Å²) in [5, 5.41) is 11.3. The van der Waals surface area contributed by atoms with E-state index in [1.165, 1.54) is 6.42 Å². The molecule has 0 heterocycles. The van der Waals surface area contributed by atoms with Gasteiger partial charge in [-0.2, -0.15) is 8.46 Å². The molecular formula is C17H32BrNO2S. The smallest absolute Gasteiger partial charge is 0.231 e. The summed E-state index contributed by atoms with van der Waals surface area (Å²) in [6.07, 6.45) is 4.17. The lowest BCUT2D eigenvalue weighted by Gasteiger charge is -2.44. The molecule has 0 aromatic carbocycles. The molecule has 5 atom stereocenters. The van der Waals surface area contributed by atoms with Gasteiger partial charge in [-0.1, -0.05) is 20.8 Å². The monoisotopic (exact) mass is 393 g/mol. The van der Waals surface area contributed by atoms with Crippen LogP contribution in [-0.2, 0) is 4.79 Å². The van der Waals surface area contributed by atoms with Crippen molar-refractivity contribution in [1.82, 2.24) is 4.90 Å². The van der Waals surface area contributed by atoms with Crippen LogP contribution in [0.1, 0.15) is 47.5 Å². The number of carbonyl (C=O) groups excluding carboxylic acids is 1. The number of fused-ring (bicyclic) bond motifs is 2. The minimum atomic E-state index is -1.34. The van der Waals surface area contributed by atoms with E-state index in [0.29, 0.717) is 11.7 Å². The Labute approximate surface area is 144 Å². The molecule has 2 fully saturated rings. The molecule has 2 aliphatic carbocycles. The summed E-state index contributed by atoms with van der Waals surface area (Å²) < 4.78 is 0. The summed E-state index contributed by atoms with van der Waals surface area (Å²) >= 11 is 3.93. The molecule has 2 rings (SSSR count). The Hall–Kier alpha value is 0.260. The van der Waals surface area contributed by atoms with Gasteiger partial charge in [-0.05, 0) is 64.5 Å². The highest BCUT2D eigenvalue weighted by molar-refractivity contribution is 9.58. The van der Waals surface area contributed by atoms with Gasteiger partial charge in [0, 0.05) is 18.3 Å². The van der Waals surface area contributed by atoms with E-state index in [4.69, 9.17) is 0 Å². The second kappa shape index (κ2) is 5.96. The van der Waals surface area contributed by atoms with Crippen molar-refractivity contribution in [2.75, 3.05) is 25.1 Å². The fourth-order valence-corrected chi connectivity index (χ4v) is 9.70. The van der Waals surface area contributed by atoms with Crippen LogP contribution in [0.5, 0.6) is 0 Å². The minimum Gasteiger partial charge on any atom is -0.391 e. The van der Waals surface area contributed by atoms with Gasteiger partial charge in [-0.25, -0.2) is 0 Å². The fraction of sp³-hybridized carbons (Fsp3) is 0.941. The van der Waals surface area contributed by atoms with Gasteiger partial charge < -0.3 is 10.0 Å². The topological polar surface area (TPSA) is 40.5 Å². The van der Waals surface area contributed by atoms with E-state index in [2.05, 4.69) is 41.8 Å². The standard InChI is InChI=1S/C17H32BrNO2S/c1-7-19(8-2)13(20)11-22(6,18)14-12-9-10-17(5,15(14)21)16(12,3)4/h12,14-15,21H,7-11H2,1-6H3/t12-,14-,15-,17+/m1/s1. The highest BCUT2D eigenvalue weighted by Gasteiger charge is 2.68. The minimum absolute atomic E-state index is 0.0113. The van der Waals surface area contributed by atoms with Crippen LogP contribution in [0.3, 0.4) is 0 Å². The predicted octanol–water partition coefficient (Wildman–Crippen LogP) is 3.78. The Morgan fingerprint density at radius 2 is 1.86 bits per heavy atom. The third-order valence-electron chi connectivity index (χ3n) is 6.82. The van der Waals surface area contributed by atoms with E-state index in [1.807, 2.05) is 18.7 Å². The highest BCUT2D eigenvalue weighted by Crippen LogP contribution is 2.75. The second-order valence-corrected chi connectivity index (χ2v) is 15.3. The van der Waals surface area contributed by atoms with Crippen molar-refractivity contribution in [1.29, 1.82) is 0 Å². The van der Waals surface area contributed by atoms with E-state index in [-0.39, 0.29) is 28.1 Å². The van der Waals surface area contributed by atoms with Crippen LogP contribution in [0.2, 0.25) is 0 Å². The van der Waals surface area contributed by atoms with Crippen LogP contribution in [0.4, 0.5) is 0 Å². The van der Waals surface area contributed by atoms with Crippen molar-refractivity contribution >= 4 is 29.2 Å². The van der Waals surface area contributed by atoms with Gasteiger partial charge in [-0.15, -0.1) is 0 Å². The van der Waals surface area contributed by atoms with Gasteiger partial charge >= 0.3 is 0 Å². The molecule has 22 heavy (non-hydrogen) atoms. The first-order valence-electron chi connectivity index (χ1n) is 8.43. The van der Waals surface area contributed by atoms with Crippen LogP contribution >= 0.6 is 23.3 Å². The van der Waals surface area contributed by atoms with Gasteiger partial charge in [-0.3, -0.25) is 4.79 Å². The molecule has 0 aliphatic heterocycles. The van der Waals surface area contributed by atoms with Crippen molar-refractivity contribution in [2.24, 2.45) is 16.7 Å². The molecule has 2 aliphatic rings. The number of hydrogen-bond acceptors (Lipinski definition) is 2. The van der Waals surface area contributed by atoms with Crippen LogP contribution in [-0.4, -0.2) is 52.4 Å². The van der Waals surface area contributed by atoms with E-state index in [0.717, 1.165) is 19.5 Å². The number of aliphatic hydroxyl groups excluding tert-OH is 1. The molecule has 130 valence electrons. The average Bonchev–Trinajstić information content (AvgIpc) is 2.71. The number of halogens is 1. The fourth-order valence-electron chi connectivity index (χ4n) is 4.86. The quantitative estimate of drug-likeness (QED) is 0.771. The van der Waals surface area contributed by atoms with E-state index in [9.17, 15) is 9.90 Å². The number of aliphatic hydroxyl groups is 1. The maximum absolute atomic E-state index is 12.6. The molecule has 0 spiro atoms. The molecule has 0 aromatic rings. The first-order valence-corrected chi connectivity index (χ1v) is 12.5. The number of amides is 1. The second-order valence-electron chi connectivity index (χ2n) is 7.95. The predicted molar refractivity (Wildman–Crippen MR) is 99.6 cm³/mol. The van der Waals surface area contributed by atoms with Crippen LogP contribution in [0, 0.1) is 16.7 Å². The summed E-state index contributed by atoms with van der Waals surface area (Å²) in [5.41, 5.74) is 0.139. The normalized spacial score (nSPS) is 40.3. The zero-order valence-corrected chi connectivity index (χ0v) is 17.3. The van der Waals surface area contributed by atoms with Crippen LogP contribution in [0.15, 0.2) is 0 Å². The van der Waals surface area contributed by atoms with Crippen molar-refractivity contribution in [2.45, 2.75) is 58.8 Å².